The first-order chi connectivity index (χ1) is 26.4. The van der Waals surface area contributed by atoms with E-state index >= 15 is 0 Å². The summed E-state index contributed by atoms with van der Waals surface area (Å²) in [6.07, 6.45) is 50.8. The van der Waals surface area contributed by atoms with E-state index < -0.39 is 13.4 Å². The maximum atomic E-state index is 12.4. The van der Waals surface area contributed by atoms with Crippen LogP contribution in [-0.2, 0) is 23.1 Å². The van der Waals surface area contributed by atoms with Crippen LogP contribution in [0.5, 0.6) is 0 Å². The number of rotatable bonds is 39. The molecule has 2 atom stereocenters. The van der Waals surface area contributed by atoms with E-state index in [-0.39, 0.29) is 12.7 Å². The van der Waals surface area contributed by atoms with Crippen LogP contribution in [0.25, 0.3) is 0 Å². The lowest BCUT2D eigenvalue weighted by Gasteiger charge is -2.29. The fourth-order valence-corrected chi connectivity index (χ4v) is 7.84. The molecule has 2 N–H and O–H groups in total. The van der Waals surface area contributed by atoms with Crippen molar-refractivity contribution >= 4 is 7.60 Å². The minimum atomic E-state index is -3.07. The van der Waals surface area contributed by atoms with Gasteiger partial charge in [0.15, 0.2) is 5.79 Å². The molecule has 1 unspecified atom stereocenters. The maximum absolute atomic E-state index is 12.4. The Hall–Kier alpha value is -1.05. The van der Waals surface area contributed by atoms with Gasteiger partial charge in [0.05, 0.1) is 25.9 Å². The van der Waals surface area contributed by atoms with Gasteiger partial charge in [0.25, 0.3) is 0 Å². The van der Waals surface area contributed by atoms with Crippen LogP contribution >= 0.6 is 7.60 Å². The zero-order chi connectivity index (χ0) is 39.3. The smallest absolute Gasteiger partial charge is 0.327 e. The van der Waals surface area contributed by atoms with Crippen molar-refractivity contribution in [1.82, 2.24) is 4.90 Å². The molecule has 8 heteroatoms. The Morgan fingerprint density at radius 2 is 1.07 bits per heavy atom. The highest BCUT2D eigenvalue weighted by molar-refractivity contribution is 7.52. The average Bonchev–Trinajstić information content (AvgIpc) is 3.55. The molecule has 54 heavy (non-hydrogen) atoms. The van der Waals surface area contributed by atoms with Gasteiger partial charge in [-0.3, -0.25) is 4.57 Å². The van der Waals surface area contributed by atoms with Crippen LogP contribution in [0, 0.1) is 0 Å². The molecule has 7 nitrogen and oxygen atoms in total. The first-order valence-electron chi connectivity index (χ1n) is 22.5. The van der Waals surface area contributed by atoms with Crippen LogP contribution in [0.2, 0.25) is 0 Å². The highest BCUT2D eigenvalue weighted by Gasteiger charge is 2.40. The summed E-state index contributed by atoms with van der Waals surface area (Å²) in [4.78, 5) is 2.17. The van der Waals surface area contributed by atoms with Crippen LogP contribution in [0.15, 0.2) is 48.6 Å². The topological polar surface area (TPSA) is 83.2 Å². The van der Waals surface area contributed by atoms with Crippen LogP contribution in [0.3, 0.4) is 0 Å². The Bertz CT molecular complexity index is 952. The fourth-order valence-electron chi connectivity index (χ4n) is 6.92. The van der Waals surface area contributed by atoms with Crippen molar-refractivity contribution in [3.05, 3.63) is 48.6 Å². The third kappa shape index (κ3) is 31.1. The summed E-state index contributed by atoms with van der Waals surface area (Å²) in [5, 5.41) is 0. The van der Waals surface area contributed by atoms with Gasteiger partial charge >= 0.3 is 7.60 Å². The molecule has 1 heterocycles. The van der Waals surface area contributed by atoms with Crippen LogP contribution in [0.1, 0.15) is 181 Å². The standard InChI is InChI=1S/C46H87N2O5P/c1-5-7-9-11-13-15-17-19-21-23-25-27-29-31-33-35-37-46(38-36-34-32-30-28-26-24-22-20-18-16-14-12-10-8-6-2)50-44-45(53-46)43-48(3)40-42-52-54(4,49)51-41-39-47/h13-16,19-22,45H,5-12,17-18,23-44,47H2,1-4H3/b15-13-,16-14-,21-19-,22-20-/t45-,54?/m1/s1. The van der Waals surface area contributed by atoms with Gasteiger partial charge in [-0.25, -0.2) is 0 Å². The van der Waals surface area contributed by atoms with Crippen LogP contribution in [0.4, 0.5) is 0 Å². The van der Waals surface area contributed by atoms with Gasteiger partial charge in [-0.05, 0) is 84.1 Å². The van der Waals surface area contributed by atoms with Crippen LogP contribution < -0.4 is 5.73 Å². The molecule has 1 fully saturated rings. The molecule has 0 amide bonds. The fraction of sp³-hybridized carbons (Fsp3) is 0.826. The number of allylic oxidation sites excluding steroid dienone is 8. The highest BCUT2D eigenvalue weighted by Crippen LogP contribution is 2.43. The van der Waals surface area contributed by atoms with Crippen molar-refractivity contribution in [2.45, 2.75) is 193 Å². The van der Waals surface area contributed by atoms with Crippen molar-refractivity contribution in [3.8, 4) is 0 Å². The number of ether oxygens (including phenoxy) is 2. The Morgan fingerprint density at radius 3 is 1.54 bits per heavy atom. The molecule has 316 valence electrons. The first-order valence-corrected chi connectivity index (χ1v) is 24.5. The molecule has 1 rings (SSSR count). The van der Waals surface area contributed by atoms with Crippen molar-refractivity contribution < 1.29 is 23.1 Å². The van der Waals surface area contributed by atoms with Crippen molar-refractivity contribution in [3.63, 3.8) is 0 Å². The first kappa shape index (κ1) is 51.0. The molecular formula is C46H87N2O5P. The molecule has 0 radical (unpaired) electrons. The van der Waals surface area contributed by atoms with Gasteiger partial charge in [-0.2, -0.15) is 0 Å². The summed E-state index contributed by atoms with van der Waals surface area (Å²) in [5.74, 6) is -0.457. The van der Waals surface area contributed by atoms with Gasteiger partial charge in [-0.1, -0.05) is 140 Å². The molecule has 0 bridgehead atoms. The summed E-state index contributed by atoms with van der Waals surface area (Å²) in [7, 11) is -1.01. The number of nitrogens with two attached hydrogens (primary N) is 1. The molecule has 1 aliphatic rings. The summed E-state index contributed by atoms with van der Waals surface area (Å²) < 4.78 is 36.5. The monoisotopic (exact) mass is 779 g/mol. The normalized spacial score (nSPS) is 17.4. The molecule has 0 aromatic heterocycles. The summed E-state index contributed by atoms with van der Waals surface area (Å²) >= 11 is 0. The summed E-state index contributed by atoms with van der Waals surface area (Å²) in [6, 6.07) is 0. The Kier molecular flexibility index (Phi) is 34.3. The second-order valence-corrected chi connectivity index (χ2v) is 17.7. The highest BCUT2D eigenvalue weighted by atomic mass is 31.2. The van der Waals surface area contributed by atoms with E-state index in [0.29, 0.717) is 26.3 Å². The summed E-state index contributed by atoms with van der Waals surface area (Å²) in [6.45, 7) is 8.97. The number of unbranched alkanes of at least 4 members (excludes halogenated alkanes) is 18. The van der Waals surface area contributed by atoms with Gasteiger partial charge in [0.2, 0.25) is 0 Å². The third-order valence-electron chi connectivity index (χ3n) is 10.2. The quantitative estimate of drug-likeness (QED) is 0.0378. The van der Waals surface area contributed by atoms with Crippen molar-refractivity contribution in [2.24, 2.45) is 5.73 Å². The second kappa shape index (κ2) is 36.3. The maximum Gasteiger partial charge on any atom is 0.327 e. The molecule has 1 aliphatic heterocycles. The largest absolute Gasteiger partial charge is 0.347 e. The van der Waals surface area contributed by atoms with E-state index in [1.54, 1.807) is 0 Å². The molecule has 0 saturated carbocycles. The number of nitrogens with zero attached hydrogens (tertiary/aromatic N) is 1. The van der Waals surface area contributed by atoms with Crippen LogP contribution in [-0.4, -0.2) is 70.0 Å². The van der Waals surface area contributed by atoms with Crippen molar-refractivity contribution in [1.29, 1.82) is 0 Å². The Morgan fingerprint density at radius 1 is 0.648 bits per heavy atom. The molecule has 0 aliphatic carbocycles. The summed E-state index contributed by atoms with van der Waals surface area (Å²) in [5.41, 5.74) is 5.47. The predicted molar refractivity (Wildman–Crippen MR) is 233 cm³/mol. The number of hydrogen-bond donors (Lipinski definition) is 1. The van der Waals surface area contributed by atoms with Crippen molar-refractivity contribution in [2.75, 3.05) is 53.2 Å². The van der Waals surface area contributed by atoms with E-state index in [0.717, 1.165) is 45.1 Å². The lowest BCUT2D eigenvalue weighted by Crippen LogP contribution is -2.36. The van der Waals surface area contributed by atoms with Gasteiger partial charge in [0, 0.05) is 39.1 Å². The zero-order valence-electron chi connectivity index (χ0n) is 35.8. The second-order valence-electron chi connectivity index (χ2n) is 15.6. The SMILES string of the molecule is CCCCC/C=C\C/C=C\CCCCCCCCC1(CCCCCCCC/C=C\C/C=C\CCCCC)OC[C@@H](CN(C)CCOP(C)(=O)OCCN)O1. The molecule has 0 spiro atoms. The third-order valence-corrected chi connectivity index (χ3v) is 11.5. The lowest BCUT2D eigenvalue weighted by molar-refractivity contribution is -0.180. The Balaban J connectivity index is 2.37. The van der Waals surface area contributed by atoms with E-state index in [1.165, 1.54) is 135 Å². The van der Waals surface area contributed by atoms with Gasteiger partial charge in [-0.15, -0.1) is 0 Å². The van der Waals surface area contributed by atoms with E-state index in [2.05, 4.69) is 74.4 Å². The minimum Gasteiger partial charge on any atom is -0.347 e. The van der Waals surface area contributed by atoms with E-state index in [1.807, 2.05) is 0 Å². The Labute approximate surface area is 334 Å². The molecule has 0 aromatic carbocycles. The number of likely N-dealkylation sites (N-methyl/N-ethyl adjacent to an activating group) is 1. The lowest BCUT2D eigenvalue weighted by atomic mass is 9.98. The molecular weight excluding hydrogens is 691 g/mol. The average molecular weight is 779 g/mol. The predicted octanol–water partition coefficient (Wildman–Crippen LogP) is 13.3. The van der Waals surface area contributed by atoms with Gasteiger partial charge in [0.1, 0.15) is 0 Å². The number of hydrogen-bond acceptors (Lipinski definition) is 7. The zero-order valence-corrected chi connectivity index (χ0v) is 36.7. The van der Waals surface area contributed by atoms with E-state index in [4.69, 9.17) is 24.3 Å². The molecule has 0 aromatic rings. The van der Waals surface area contributed by atoms with Gasteiger partial charge < -0.3 is 29.2 Å². The molecule has 1 saturated heterocycles. The minimum absolute atomic E-state index is 0.0335. The van der Waals surface area contributed by atoms with E-state index in [9.17, 15) is 4.57 Å².